The maximum Gasteiger partial charge on any atom is 0.259 e. The van der Waals surface area contributed by atoms with E-state index in [2.05, 4.69) is 15.0 Å². The van der Waals surface area contributed by atoms with Crippen molar-refractivity contribution in [1.82, 2.24) is 15.0 Å². The normalized spacial score (nSPS) is 26.8. The molecule has 2 aliphatic carbocycles. The molecule has 24 heavy (non-hydrogen) atoms. The molecule has 2 aromatic heterocycles. The van der Waals surface area contributed by atoms with Crippen LogP contribution in [0.25, 0.3) is 11.1 Å². The summed E-state index contributed by atoms with van der Waals surface area (Å²) in [6, 6.07) is 2.01. The van der Waals surface area contributed by atoms with Gasteiger partial charge in [0.2, 0.25) is 0 Å². The predicted molar refractivity (Wildman–Crippen MR) is 89.9 cm³/mol. The van der Waals surface area contributed by atoms with E-state index in [0.29, 0.717) is 23.5 Å². The fourth-order valence-electron chi connectivity index (χ4n) is 4.61. The third-order valence-electron chi connectivity index (χ3n) is 6.13. The molecule has 5 heteroatoms. The van der Waals surface area contributed by atoms with Crippen LogP contribution in [0.5, 0.6) is 0 Å². The Morgan fingerprint density at radius 1 is 1.17 bits per heavy atom. The first-order valence-corrected chi connectivity index (χ1v) is 9.27. The Balaban J connectivity index is 1.53. The quantitative estimate of drug-likeness (QED) is 0.845. The third-order valence-corrected chi connectivity index (χ3v) is 6.13. The average Bonchev–Trinajstić information content (AvgIpc) is 3.26. The number of carbonyl (C=O) groups is 1. The lowest BCUT2D eigenvalue weighted by molar-refractivity contribution is 0.0785. The van der Waals surface area contributed by atoms with Crippen LogP contribution in [-0.2, 0) is 0 Å². The zero-order chi connectivity index (χ0) is 16.3. The lowest BCUT2D eigenvalue weighted by atomic mass is 9.82. The molecule has 2 saturated carbocycles. The molecule has 0 radical (unpaired) electrons. The topological polar surface area (TPSA) is 59.2 Å². The van der Waals surface area contributed by atoms with Gasteiger partial charge in [0, 0.05) is 24.7 Å². The molecule has 5 rings (SSSR count). The van der Waals surface area contributed by atoms with Gasteiger partial charge in [-0.25, -0.2) is 4.98 Å². The molecular weight excluding hydrogens is 302 g/mol. The molecule has 1 saturated heterocycles. The van der Waals surface area contributed by atoms with Gasteiger partial charge in [-0.15, -0.1) is 0 Å². The highest BCUT2D eigenvalue weighted by atomic mass is 16.5. The third kappa shape index (κ3) is 2.25. The Morgan fingerprint density at radius 2 is 1.88 bits per heavy atom. The Hall–Kier alpha value is -1.91. The zero-order valence-corrected chi connectivity index (χ0v) is 14.1. The van der Waals surface area contributed by atoms with E-state index >= 15 is 0 Å². The molecule has 126 valence electrons. The molecule has 5 nitrogen and oxygen atoms in total. The number of fused-ring (bicyclic) bond motifs is 2. The molecule has 2 atom stereocenters. The van der Waals surface area contributed by atoms with Crippen molar-refractivity contribution < 1.29 is 9.32 Å². The molecule has 0 N–H and O–H groups in total. The molecule has 1 aliphatic heterocycles. The lowest BCUT2D eigenvalue weighted by Crippen LogP contribution is -2.29. The highest BCUT2D eigenvalue weighted by Crippen LogP contribution is 2.41. The van der Waals surface area contributed by atoms with Crippen LogP contribution in [-0.4, -0.2) is 34.0 Å². The van der Waals surface area contributed by atoms with Crippen molar-refractivity contribution in [3.8, 4) is 0 Å². The van der Waals surface area contributed by atoms with Gasteiger partial charge in [0.15, 0.2) is 0 Å². The van der Waals surface area contributed by atoms with Crippen LogP contribution in [0.3, 0.4) is 0 Å². The summed E-state index contributed by atoms with van der Waals surface area (Å²) in [4.78, 5) is 19.9. The first kappa shape index (κ1) is 14.4. The SMILES string of the molecule is Cc1noc2nc(C3CC3)cc(C(=O)N3CC4CCCCC4C3)c12. The van der Waals surface area contributed by atoms with Crippen LogP contribution in [0, 0.1) is 18.8 Å². The fraction of sp³-hybridized carbons (Fsp3) is 0.632. The van der Waals surface area contributed by atoms with Crippen molar-refractivity contribution in [2.45, 2.75) is 51.4 Å². The minimum atomic E-state index is 0.144. The van der Waals surface area contributed by atoms with E-state index in [1.165, 1.54) is 25.7 Å². The van der Waals surface area contributed by atoms with Gasteiger partial charge >= 0.3 is 0 Å². The first-order valence-electron chi connectivity index (χ1n) is 9.27. The second-order valence-electron chi connectivity index (χ2n) is 7.83. The summed E-state index contributed by atoms with van der Waals surface area (Å²) in [5, 5.41) is 4.86. The van der Waals surface area contributed by atoms with Crippen molar-refractivity contribution >= 4 is 17.0 Å². The van der Waals surface area contributed by atoms with Gasteiger partial charge in [-0.1, -0.05) is 18.0 Å². The van der Waals surface area contributed by atoms with Crippen molar-refractivity contribution in [2.24, 2.45) is 11.8 Å². The van der Waals surface area contributed by atoms with Crippen molar-refractivity contribution in [3.63, 3.8) is 0 Å². The van der Waals surface area contributed by atoms with E-state index in [1.54, 1.807) is 0 Å². The zero-order valence-electron chi connectivity index (χ0n) is 14.1. The Bertz CT molecular complexity index is 794. The number of carbonyl (C=O) groups excluding carboxylic acids is 1. The lowest BCUT2D eigenvalue weighted by Gasteiger charge is -2.22. The van der Waals surface area contributed by atoms with Crippen molar-refractivity contribution in [2.75, 3.05) is 13.1 Å². The Kier molecular flexibility index (Phi) is 3.19. The molecule has 3 fully saturated rings. The standard InChI is InChI=1S/C19H23N3O2/c1-11-17-15(8-16(12-6-7-12)20-18(17)24-21-11)19(23)22-9-13-4-2-3-5-14(13)10-22/h8,12-14H,2-7,9-10H2,1H3. The highest BCUT2D eigenvalue weighted by molar-refractivity contribution is 6.06. The fourth-order valence-corrected chi connectivity index (χ4v) is 4.61. The number of aryl methyl sites for hydroxylation is 1. The molecule has 2 unspecified atom stereocenters. The van der Waals surface area contributed by atoms with Gasteiger partial charge < -0.3 is 9.42 Å². The second kappa shape index (κ2) is 5.30. The number of likely N-dealkylation sites (tertiary alicyclic amines) is 1. The van der Waals surface area contributed by atoms with Crippen molar-refractivity contribution in [3.05, 3.63) is 23.0 Å². The Morgan fingerprint density at radius 3 is 2.54 bits per heavy atom. The minimum absolute atomic E-state index is 0.144. The largest absolute Gasteiger partial charge is 0.338 e. The summed E-state index contributed by atoms with van der Waals surface area (Å²) >= 11 is 0. The minimum Gasteiger partial charge on any atom is -0.338 e. The van der Waals surface area contributed by atoms with Crippen LogP contribution in [0.15, 0.2) is 10.6 Å². The number of amides is 1. The Labute approximate surface area is 141 Å². The van der Waals surface area contributed by atoms with Crippen LogP contribution in [0.4, 0.5) is 0 Å². The molecule has 0 spiro atoms. The van der Waals surface area contributed by atoms with Gasteiger partial charge in [-0.3, -0.25) is 4.79 Å². The molecule has 2 aromatic rings. The summed E-state index contributed by atoms with van der Waals surface area (Å²) in [5.74, 6) is 2.04. The monoisotopic (exact) mass is 325 g/mol. The molecule has 0 aromatic carbocycles. The maximum absolute atomic E-state index is 13.3. The van der Waals surface area contributed by atoms with Gasteiger partial charge in [0.1, 0.15) is 0 Å². The maximum atomic E-state index is 13.3. The highest BCUT2D eigenvalue weighted by Gasteiger charge is 2.38. The van der Waals surface area contributed by atoms with Gasteiger partial charge in [-0.05, 0) is 50.5 Å². The van der Waals surface area contributed by atoms with E-state index in [0.717, 1.165) is 48.3 Å². The summed E-state index contributed by atoms with van der Waals surface area (Å²) in [7, 11) is 0. The molecule has 0 bridgehead atoms. The number of nitrogens with zero attached hydrogens (tertiary/aromatic N) is 3. The average molecular weight is 325 g/mol. The van der Waals surface area contributed by atoms with Gasteiger partial charge in [0.25, 0.3) is 11.6 Å². The first-order chi connectivity index (χ1) is 11.7. The summed E-state index contributed by atoms with van der Waals surface area (Å²) in [5.41, 5.74) is 3.04. The van der Waals surface area contributed by atoms with E-state index in [9.17, 15) is 4.79 Å². The van der Waals surface area contributed by atoms with Gasteiger partial charge in [-0.2, -0.15) is 0 Å². The van der Waals surface area contributed by atoms with Crippen molar-refractivity contribution in [1.29, 1.82) is 0 Å². The number of aromatic nitrogens is 2. The van der Waals surface area contributed by atoms with Crippen LogP contribution in [0.1, 0.15) is 66.2 Å². The molecule has 1 amide bonds. The predicted octanol–water partition coefficient (Wildman–Crippen LogP) is 3.67. The summed E-state index contributed by atoms with van der Waals surface area (Å²) in [6.45, 7) is 3.72. The molecule has 3 aliphatic rings. The van der Waals surface area contributed by atoms with Crippen LogP contribution in [0.2, 0.25) is 0 Å². The molecule has 3 heterocycles. The van der Waals surface area contributed by atoms with E-state index < -0.39 is 0 Å². The van der Waals surface area contributed by atoms with Gasteiger partial charge in [0.05, 0.1) is 16.6 Å². The number of rotatable bonds is 2. The summed E-state index contributed by atoms with van der Waals surface area (Å²) in [6.07, 6.45) is 7.51. The number of hydrogen-bond donors (Lipinski definition) is 0. The smallest absolute Gasteiger partial charge is 0.259 e. The van der Waals surface area contributed by atoms with E-state index in [-0.39, 0.29) is 5.91 Å². The van der Waals surface area contributed by atoms with Crippen LogP contribution < -0.4 is 0 Å². The number of pyridine rings is 1. The van der Waals surface area contributed by atoms with E-state index in [4.69, 9.17) is 4.52 Å². The summed E-state index contributed by atoms with van der Waals surface area (Å²) < 4.78 is 5.38. The van der Waals surface area contributed by atoms with E-state index in [1.807, 2.05) is 13.0 Å². The molecular formula is C19H23N3O2. The van der Waals surface area contributed by atoms with Crippen LogP contribution >= 0.6 is 0 Å². The number of hydrogen-bond acceptors (Lipinski definition) is 4. The second-order valence-corrected chi connectivity index (χ2v) is 7.83.